The van der Waals surface area contributed by atoms with Gasteiger partial charge in [-0.2, -0.15) is 5.26 Å². The molecule has 0 bridgehead atoms. The molecule has 0 aliphatic heterocycles. The van der Waals surface area contributed by atoms with Crippen molar-refractivity contribution < 1.29 is 4.39 Å². The van der Waals surface area contributed by atoms with Crippen molar-refractivity contribution in [2.45, 2.75) is 19.9 Å². The number of hydrogen-bond acceptors (Lipinski definition) is 3. The summed E-state index contributed by atoms with van der Waals surface area (Å²) in [6.07, 6.45) is 0.941. The van der Waals surface area contributed by atoms with E-state index in [-0.39, 0.29) is 36.3 Å². The molecule has 0 unspecified atom stereocenters. The van der Waals surface area contributed by atoms with E-state index in [1.807, 2.05) is 31.0 Å². The van der Waals surface area contributed by atoms with Gasteiger partial charge in [-0.15, -0.1) is 35.3 Å². The summed E-state index contributed by atoms with van der Waals surface area (Å²) in [4.78, 5) is 7.87. The first-order valence-corrected chi connectivity index (χ1v) is 8.72. The van der Waals surface area contributed by atoms with Gasteiger partial charge in [0, 0.05) is 30.6 Å². The SMILES string of the molecule is CCNC(=NCc1cc(C#N)ccc1F)N(C)CCc1cccs1.I. The summed E-state index contributed by atoms with van der Waals surface area (Å²) in [5, 5.41) is 14.2. The van der Waals surface area contributed by atoms with Crippen molar-refractivity contribution in [3.8, 4) is 6.07 Å². The molecule has 1 N–H and O–H groups in total. The Morgan fingerprint density at radius 1 is 1.40 bits per heavy atom. The molecule has 0 saturated heterocycles. The van der Waals surface area contributed by atoms with Crippen LogP contribution in [0.5, 0.6) is 0 Å². The van der Waals surface area contributed by atoms with E-state index < -0.39 is 0 Å². The lowest BCUT2D eigenvalue weighted by Crippen LogP contribution is -2.39. The van der Waals surface area contributed by atoms with Crippen molar-refractivity contribution >= 4 is 41.3 Å². The van der Waals surface area contributed by atoms with Crippen LogP contribution in [0, 0.1) is 17.1 Å². The van der Waals surface area contributed by atoms with Crippen LogP contribution in [0.25, 0.3) is 0 Å². The molecule has 0 spiro atoms. The number of nitrogens with one attached hydrogen (secondary N) is 1. The van der Waals surface area contributed by atoms with Gasteiger partial charge in [-0.1, -0.05) is 6.07 Å². The predicted molar refractivity (Wildman–Crippen MR) is 112 cm³/mol. The Labute approximate surface area is 169 Å². The smallest absolute Gasteiger partial charge is 0.193 e. The van der Waals surface area contributed by atoms with Crippen molar-refractivity contribution in [1.29, 1.82) is 5.26 Å². The van der Waals surface area contributed by atoms with E-state index >= 15 is 0 Å². The molecular weight excluding hydrogens is 450 g/mol. The highest BCUT2D eigenvalue weighted by molar-refractivity contribution is 14.0. The first kappa shape index (κ1) is 21.4. The number of thiophene rings is 1. The molecule has 0 fully saturated rings. The lowest BCUT2D eigenvalue weighted by Gasteiger charge is -2.21. The number of guanidine groups is 1. The zero-order valence-corrected chi connectivity index (χ0v) is 17.5. The van der Waals surface area contributed by atoms with Crippen LogP contribution in [0.4, 0.5) is 4.39 Å². The Morgan fingerprint density at radius 2 is 2.20 bits per heavy atom. The molecule has 0 amide bonds. The maximum absolute atomic E-state index is 13.9. The Kier molecular flexibility index (Phi) is 9.45. The molecule has 2 rings (SSSR count). The second kappa shape index (κ2) is 11.1. The molecule has 25 heavy (non-hydrogen) atoms. The number of aliphatic imine (C=N–C) groups is 1. The number of rotatable bonds is 6. The molecule has 134 valence electrons. The van der Waals surface area contributed by atoms with Gasteiger partial charge in [0.05, 0.1) is 18.2 Å². The summed E-state index contributed by atoms with van der Waals surface area (Å²) in [6.45, 7) is 3.77. The normalized spacial score (nSPS) is 10.7. The molecule has 0 atom stereocenters. The van der Waals surface area contributed by atoms with Crippen molar-refractivity contribution in [3.05, 3.63) is 57.5 Å². The molecule has 2 aromatic rings. The lowest BCUT2D eigenvalue weighted by molar-refractivity contribution is 0.486. The average molecular weight is 472 g/mol. The molecule has 0 aliphatic rings. The topological polar surface area (TPSA) is 51.4 Å². The van der Waals surface area contributed by atoms with Gasteiger partial charge in [-0.25, -0.2) is 9.38 Å². The van der Waals surface area contributed by atoms with Crippen LogP contribution in [-0.2, 0) is 13.0 Å². The van der Waals surface area contributed by atoms with Crippen LogP contribution in [0.2, 0.25) is 0 Å². The molecule has 0 radical (unpaired) electrons. The maximum atomic E-state index is 13.9. The largest absolute Gasteiger partial charge is 0.357 e. The summed E-state index contributed by atoms with van der Waals surface area (Å²) in [5.41, 5.74) is 0.869. The fourth-order valence-electron chi connectivity index (χ4n) is 2.23. The van der Waals surface area contributed by atoms with E-state index in [0.717, 1.165) is 25.5 Å². The number of likely N-dealkylation sites (N-methyl/N-ethyl adjacent to an activating group) is 1. The summed E-state index contributed by atoms with van der Waals surface area (Å²) >= 11 is 1.74. The van der Waals surface area contributed by atoms with Crippen LogP contribution < -0.4 is 5.32 Å². The first-order chi connectivity index (χ1) is 11.6. The third-order valence-electron chi connectivity index (χ3n) is 3.54. The van der Waals surface area contributed by atoms with Crippen LogP contribution in [0.15, 0.2) is 40.7 Å². The minimum absolute atomic E-state index is 0. The number of benzene rings is 1. The lowest BCUT2D eigenvalue weighted by atomic mass is 10.1. The van der Waals surface area contributed by atoms with Gasteiger partial charge in [0.25, 0.3) is 0 Å². The number of hydrogen-bond donors (Lipinski definition) is 1. The van der Waals surface area contributed by atoms with E-state index in [1.54, 1.807) is 17.4 Å². The molecular formula is C18H22FIN4S. The highest BCUT2D eigenvalue weighted by Gasteiger charge is 2.08. The van der Waals surface area contributed by atoms with Crippen LogP contribution in [0.1, 0.15) is 22.9 Å². The van der Waals surface area contributed by atoms with Crippen molar-refractivity contribution in [1.82, 2.24) is 10.2 Å². The van der Waals surface area contributed by atoms with Gasteiger partial charge in [-0.3, -0.25) is 0 Å². The van der Waals surface area contributed by atoms with Gasteiger partial charge in [-0.05, 0) is 43.0 Å². The quantitative estimate of drug-likeness (QED) is 0.393. The van der Waals surface area contributed by atoms with Crippen molar-refractivity contribution in [2.75, 3.05) is 20.1 Å². The van der Waals surface area contributed by atoms with Gasteiger partial charge in [0.2, 0.25) is 0 Å². The van der Waals surface area contributed by atoms with Gasteiger partial charge >= 0.3 is 0 Å². The summed E-state index contributed by atoms with van der Waals surface area (Å²) in [5.74, 6) is 0.394. The van der Waals surface area contributed by atoms with Gasteiger partial charge < -0.3 is 10.2 Å². The van der Waals surface area contributed by atoms with Crippen LogP contribution >= 0.6 is 35.3 Å². The second-order valence-corrected chi connectivity index (χ2v) is 6.37. The van der Waals surface area contributed by atoms with E-state index in [9.17, 15) is 4.39 Å². The monoisotopic (exact) mass is 472 g/mol. The fraction of sp³-hybridized carbons (Fsp3) is 0.333. The van der Waals surface area contributed by atoms with Crippen molar-refractivity contribution in [2.24, 2.45) is 4.99 Å². The highest BCUT2D eigenvalue weighted by Crippen LogP contribution is 2.12. The van der Waals surface area contributed by atoms with E-state index in [0.29, 0.717) is 11.1 Å². The minimum atomic E-state index is -0.338. The Bertz CT molecular complexity index is 725. The molecule has 4 nitrogen and oxygen atoms in total. The standard InChI is InChI=1S/C18H21FN4S.HI/c1-3-21-18(23(2)9-8-16-5-4-10-24-16)22-13-15-11-14(12-20)6-7-17(15)19;/h4-7,10-11H,3,8-9,13H2,1-2H3,(H,21,22);1H. The molecule has 7 heteroatoms. The molecule has 0 saturated carbocycles. The average Bonchev–Trinajstić information content (AvgIpc) is 3.11. The Balaban J connectivity index is 0.00000312. The zero-order valence-electron chi connectivity index (χ0n) is 14.3. The summed E-state index contributed by atoms with van der Waals surface area (Å²) in [6, 6.07) is 10.5. The van der Waals surface area contributed by atoms with Crippen LogP contribution in [0.3, 0.4) is 0 Å². The molecule has 0 aliphatic carbocycles. The number of nitriles is 1. The highest BCUT2D eigenvalue weighted by atomic mass is 127. The third kappa shape index (κ3) is 6.63. The fourth-order valence-corrected chi connectivity index (χ4v) is 2.93. The summed E-state index contributed by atoms with van der Waals surface area (Å²) < 4.78 is 13.9. The second-order valence-electron chi connectivity index (χ2n) is 5.34. The maximum Gasteiger partial charge on any atom is 0.193 e. The predicted octanol–water partition coefficient (Wildman–Crippen LogP) is 4.02. The van der Waals surface area contributed by atoms with E-state index in [4.69, 9.17) is 5.26 Å². The van der Waals surface area contributed by atoms with E-state index in [1.165, 1.54) is 17.0 Å². The summed E-state index contributed by atoms with van der Waals surface area (Å²) in [7, 11) is 1.97. The number of halogens is 2. The molecule has 1 aromatic heterocycles. The minimum Gasteiger partial charge on any atom is -0.357 e. The van der Waals surface area contributed by atoms with Crippen molar-refractivity contribution in [3.63, 3.8) is 0 Å². The molecule has 1 heterocycles. The van der Waals surface area contributed by atoms with E-state index in [2.05, 4.69) is 21.8 Å². The van der Waals surface area contributed by atoms with Gasteiger partial charge in [0.1, 0.15) is 5.82 Å². The Morgan fingerprint density at radius 3 is 2.84 bits per heavy atom. The third-order valence-corrected chi connectivity index (χ3v) is 4.48. The zero-order chi connectivity index (χ0) is 17.4. The Hall–Kier alpha value is -1.66. The first-order valence-electron chi connectivity index (χ1n) is 7.84. The van der Waals surface area contributed by atoms with Gasteiger partial charge in [0.15, 0.2) is 5.96 Å². The molecule has 1 aromatic carbocycles. The van der Waals surface area contributed by atoms with Crippen LogP contribution in [-0.4, -0.2) is 31.0 Å². The number of nitrogens with zero attached hydrogens (tertiary/aromatic N) is 3.